The molecule has 1 heterocycles. The lowest BCUT2D eigenvalue weighted by atomic mass is 9.97. The summed E-state index contributed by atoms with van der Waals surface area (Å²) in [5.74, 6) is -2.36. The van der Waals surface area contributed by atoms with Crippen LogP contribution < -0.4 is 5.32 Å². The number of rotatable bonds is 5. The van der Waals surface area contributed by atoms with E-state index in [1.165, 1.54) is 18.2 Å². The number of nitrogens with zero attached hydrogens (tertiary/aromatic N) is 1. The first-order valence-electron chi connectivity index (χ1n) is 8.83. The van der Waals surface area contributed by atoms with Crippen LogP contribution in [0, 0.1) is 18.6 Å². The van der Waals surface area contributed by atoms with Crippen LogP contribution in [0.5, 0.6) is 0 Å². The molecule has 0 saturated heterocycles. The Hall–Kier alpha value is -3.12. The van der Waals surface area contributed by atoms with Crippen molar-refractivity contribution in [3.05, 3.63) is 77.5 Å². The Balaban J connectivity index is 0.00000300. The summed E-state index contributed by atoms with van der Waals surface area (Å²) in [5.41, 5.74) is 2.86. The molecule has 0 saturated carbocycles. The summed E-state index contributed by atoms with van der Waals surface area (Å²) in [4.78, 5) is 16.9. The molecule has 0 unspecified atom stereocenters. The number of halogens is 2. The highest BCUT2D eigenvalue weighted by Crippen LogP contribution is 2.30. The summed E-state index contributed by atoms with van der Waals surface area (Å²) in [7, 11) is 0. The number of aliphatic hydroxyl groups excluding tert-OH is 1. The van der Waals surface area contributed by atoms with E-state index in [-0.39, 0.29) is 25.2 Å². The quantitative estimate of drug-likeness (QED) is 0.652. The van der Waals surface area contributed by atoms with Crippen molar-refractivity contribution in [2.24, 2.45) is 0 Å². The van der Waals surface area contributed by atoms with Crippen molar-refractivity contribution in [2.75, 3.05) is 6.61 Å². The van der Waals surface area contributed by atoms with Gasteiger partial charge in [0.2, 0.25) is 0 Å². The monoisotopic (exact) mass is 398 g/mol. The first kappa shape index (κ1) is 22.2. The van der Waals surface area contributed by atoms with Crippen LogP contribution in [-0.4, -0.2) is 28.6 Å². The molecule has 29 heavy (non-hydrogen) atoms. The van der Waals surface area contributed by atoms with Gasteiger partial charge >= 0.3 is 0 Å². The van der Waals surface area contributed by atoms with Crippen molar-refractivity contribution in [3.63, 3.8) is 0 Å². The van der Waals surface area contributed by atoms with Crippen molar-refractivity contribution in [3.8, 4) is 22.4 Å². The molecule has 0 fully saturated rings. The maximum absolute atomic E-state index is 14.3. The third-order valence-corrected chi connectivity index (χ3v) is 4.32. The minimum atomic E-state index is -0.980. The zero-order valence-electron chi connectivity index (χ0n) is 15.5. The van der Waals surface area contributed by atoms with Gasteiger partial charge in [0.25, 0.3) is 5.91 Å². The highest BCUT2D eigenvalue weighted by Gasteiger charge is 2.16. The van der Waals surface area contributed by atoms with Crippen LogP contribution in [0.15, 0.2) is 54.7 Å². The number of aromatic nitrogens is 1. The fraction of sp³-hybridized carbons (Fsp3) is 0.217. The summed E-state index contributed by atoms with van der Waals surface area (Å²) in [5, 5.41) is 11.8. The van der Waals surface area contributed by atoms with Gasteiger partial charge < -0.3 is 10.4 Å². The molecule has 0 aliphatic carbocycles. The number of carbonyl (C=O) groups is 1. The normalized spacial score (nSPS) is 11.5. The van der Waals surface area contributed by atoms with Crippen molar-refractivity contribution in [2.45, 2.75) is 27.3 Å². The molecule has 1 amide bonds. The van der Waals surface area contributed by atoms with Crippen LogP contribution in [-0.2, 0) is 0 Å². The average Bonchev–Trinajstić information content (AvgIpc) is 2.70. The van der Waals surface area contributed by atoms with E-state index in [2.05, 4.69) is 10.3 Å². The standard InChI is InChI=1S/C22H20F2N2O2.CH4/c1-13-6-7-20(25-11-13)16-8-15(18-4-3-5-19(23)21(18)24)9-17(10-16)22(28)26-14(2)12-27;/h3-11,14,27H,12H2,1-2H3,(H,26,28);1H4/t14-;/m0./s1. The number of amides is 1. The van der Waals surface area contributed by atoms with Crippen LogP contribution in [0.1, 0.15) is 30.3 Å². The van der Waals surface area contributed by atoms with Crippen molar-refractivity contribution in [1.29, 1.82) is 0 Å². The Morgan fingerprint density at radius 2 is 1.86 bits per heavy atom. The van der Waals surface area contributed by atoms with Crippen molar-refractivity contribution >= 4 is 5.91 Å². The molecule has 6 heteroatoms. The number of aliphatic hydroxyl groups is 1. The van der Waals surface area contributed by atoms with E-state index >= 15 is 0 Å². The van der Waals surface area contributed by atoms with Crippen molar-refractivity contribution in [1.82, 2.24) is 10.3 Å². The van der Waals surface area contributed by atoms with Crippen molar-refractivity contribution < 1.29 is 18.7 Å². The van der Waals surface area contributed by atoms with E-state index in [1.54, 1.807) is 31.3 Å². The maximum Gasteiger partial charge on any atom is 0.251 e. The van der Waals surface area contributed by atoms with E-state index < -0.39 is 23.6 Å². The van der Waals surface area contributed by atoms with Gasteiger partial charge in [-0.2, -0.15) is 0 Å². The minimum absolute atomic E-state index is 0. The average molecular weight is 398 g/mol. The van der Waals surface area contributed by atoms with E-state index in [1.807, 2.05) is 13.0 Å². The number of aryl methyl sites for hydroxylation is 1. The van der Waals surface area contributed by atoms with E-state index in [9.17, 15) is 18.7 Å². The Kier molecular flexibility index (Phi) is 7.18. The topological polar surface area (TPSA) is 62.2 Å². The van der Waals surface area contributed by atoms with E-state index in [0.29, 0.717) is 16.8 Å². The Labute approximate surface area is 169 Å². The van der Waals surface area contributed by atoms with Gasteiger partial charge in [0.1, 0.15) is 0 Å². The molecule has 3 rings (SSSR count). The Morgan fingerprint density at radius 1 is 1.14 bits per heavy atom. The van der Waals surface area contributed by atoms with Crippen LogP contribution >= 0.6 is 0 Å². The maximum atomic E-state index is 14.3. The Morgan fingerprint density at radius 3 is 2.52 bits per heavy atom. The molecule has 1 aromatic heterocycles. The van der Waals surface area contributed by atoms with Gasteiger partial charge in [-0.1, -0.05) is 25.6 Å². The van der Waals surface area contributed by atoms with Gasteiger partial charge in [0.05, 0.1) is 12.3 Å². The fourth-order valence-electron chi connectivity index (χ4n) is 2.78. The molecule has 152 valence electrons. The van der Waals surface area contributed by atoms with Crippen LogP contribution in [0.3, 0.4) is 0 Å². The lowest BCUT2D eigenvalue weighted by Crippen LogP contribution is -2.35. The second kappa shape index (κ2) is 9.39. The fourth-order valence-corrected chi connectivity index (χ4v) is 2.78. The number of benzene rings is 2. The zero-order valence-corrected chi connectivity index (χ0v) is 15.5. The van der Waals surface area contributed by atoms with Crippen LogP contribution in [0.25, 0.3) is 22.4 Å². The third-order valence-electron chi connectivity index (χ3n) is 4.32. The lowest BCUT2D eigenvalue weighted by molar-refractivity contribution is 0.0922. The second-order valence-corrected chi connectivity index (χ2v) is 6.68. The number of nitrogens with one attached hydrogen (secondary N) is 1. The molecule has 1 atom stereocenters. The third kappa shape index (κ3) is 5.03. The predicted molar refractivity (Wildman–Crippen MR) is 111 cm³/mol. The lowest BCUT2D eigenvalue weighted by Gasteiger charge is -2.14. The number of hydrogen-bond acceptors (Lipinski definition) is 3. The molecule has 2 N–H and O–H groups in total. The molecular weight excluding hydrogens is 374 g/mol. The number of carbonyl (C=O) groups excluding carboxylic acids is 1. The Bertz CT molecular complexity index is 1000. The van der Waals surface area contributed by atoms with E-state index in [4.69, 9.17) is 0 Å². The van der Waals surface area contributed by atoms with Crippen LogP contribution in [0.4, 0.5) is 8.78 Å². The molecule has 0 radical (unpaired) electrons. The van der Waals surface area contributed by atoms with Gasteiger partial charge in [-0.3, -0.25) is 9.78 Å². The zero-order chi connectivity index (χ0) is 20.3. The van der Waals surface area contributed by atoms with E-state index in [0.717, 1.165) is 11.6 Å². The number of pyridine rings is 1. The van der Waals surface area contributed by atoms with Gasteiger partial charge in [0, 0.05) is 28.9 Å². The predicted octanol–water partition coefficient (Wildman–Crippen LogP) is 4.75. The van der Waals surface area contributed by atoms with Gasteiger partial charge in [-0.25, -0.2) is 8.78 Å². The molecule has 2 aromatic carbocycles. The first-order valence-corrected chi connectivity index (χ1v) is 8.83. The van der Waals surface area contributed by atoms with Gasteiger partial charge in [-0.15, -0.1) is 0 Å². The largest absolute Gasteiger partial charge is 0.394 e. The highest BCUT2D eigenvalue weighted by atomic mass is 19.2. The number of hydrogen-bond donors (Lipinski definition) is 2. The minimum Gasteiger partial charge on any atom is -0.394 e. The van der Waals surface area contributed by atoms with Gasteiger partial charge in [-0.05, 0) is 55.3 Å². The summed E-state index contributed by atoms with van der Waals surface area (Å²) in [6.07, 6.45) is 1.69. The first-order chi connectivity index (χ1) is 13.4. The summed E-state index contributed by atoms with van der Waals surface area (Å²) >= 11 is 0. The molecule has 0 aliphatic rings. The molecule has 3 aromatic rings. The highest BCUT2D eigenvalue weighted by molar-refractivity contribution is 5.97. The summed E-state index contributed by atoms with van der Waals surface area (Å²) in [6.45, 7) is 3.36. The molecular formula is C23H24F2N2O2. The molecule has 0 spiro atoms. The smallest absolute Gasteiger partial charge is 0.251 e. The second-order valence-electron chi connectivity index (χ2n) is 6.68. The summed E-state index contributed by atoms with van der Waals surface area (Å²) < 4.78 is 28.1. The molecule has 0 bridgehead atoms. The molecule has 0 aliphatic heterocycles. The van der Waals surface area contributed by atoms with Gasteiger partial charge in [0.15, 0.2) is 11.6 Å². The summed E-state index contributed by atoms with van der Waals surface area (Å²) in [6, 6.07) is 12.0. The SMILES string of the molecule is C.Cc1ccc(-c2cc(C(=O)N[C@@H](C)CO)cc(-c3cccc(F)c3F)c2)nc1. The van der Waals surface area contributed by atoms with Crippen LogP contribution in [0.2, 0.25) is 0 Å². The molecule has 4 nitrogen and oxygen atoms in total.